The molecular weight excluding hydrogens is 312 g/mol. The van der Waals surface area contributed by atoms with Crippen LogP contribution in [0.25, 0.3) is 0 Å². The highest BCUT2D eigenvalue weighted by Gasteiger charge is 2.37. The number of nitrogens with two attached hydrogens (primary N) is 1. The maximum absolute atomic E-state index is 12.2. The smallest absolute Gasteiger partial charge is 0.305 e. The lowest BCUT2D eigenvalue weighted by Crippen LogP contribution is -2.56. The van der Waals surface area contributed by atoms with Crippen molar-refractivity contribution in [2.45, 2.75) is 56.9 Å². The first kappa shape index (κ1) is 18.3. The van der Waals surface area contributed by atoms with Gasteiger partial charge in [0.05, 0.1) is 23.4 Å². The molecule has 0 aliphatic heterocycles. The Morgan fingerprint density at radius 2 is 1.86 bits per heavy atom. The van der Waals surface area contributed by atoms with Crippen molar-refractivity contribution in [1.29, 1.82) is 0 Å². The predicted molar refractivity (Wildman–Crippen MR) is 85.4 cm³/mol. The topological polar surface area (TPSA) is 98.5 Å². The molecule has 0 aromatic rings. The molecule has 0 aromatic carbocycles. The van der Waals surface area contributed by atoms with Gasteiger partial charge in [-0.15, -0.1) is 0 Å². The average molecular weight is 336 g/mol. The zero-order valence-electron chi connectivity index (χ0n) is 12.4. The molecular formula is C13H24N2O4S2. The van der Waals surface area contributed by atoms with Gasteiger partial charge in [-0.3, -0.25) is 4.79 Å². The maximum atomic E-state index is 12.2. The van der Waals surface area contributed by atoms with Crippen molar-refractivity contribution >= 4 is 33.2 Å². The Bertz CT molecular complexity index is 469. The molecule has 0 radical (unpaired) electrons. The van der Waals surface area contributed by atoms with Gasteiger partial charge in [0.2, 0.25) is 10.0 Å². The van der Waals surface area contributed by atoms with E-state index >= 15 is 0 Å². The zero-order valence-corrected chi connectivity index (χ0v) is 14.0. The van der Waals surface area contributed by atoms with Gasteiger partial charge >= 0.3 is 5.97 Å². The molecule has 3 N–H and O–H groups in total. The van der Waals surface area contributed by atoms with Crippen molar-refractivity contribution in [2.75, 3.05) is 12.9 Å². The van der Waals surface area contributed by atoms with Gasteiger partial charge in [-0.2, -0.15) is 0 Å². The van der Waals surface area contributed by atoms with Crippen molar-refractivity contribution in [3.05, 3.63) is 0 Å². The molecule has 1 saturated carbocycles. The van der Waals surface area contributed by atoms with Crippen LogP contribution in [0.15, 0.2) is 0 Å². The molecule has 0 spiro atoms. The summed E-state index contributed by atoms with van der Waals surface area (Å²) in [5.74, 6) is -0.546. The lowest BCUT2D eigenvalue weighted by Gasteiger charge is -2.32. The average Bonchev–Trinajstić information content (AvgIpc) is 2.64. The first-order chi connectivity index (χ1) is 9.81. The van der Waals surface area contributed by atoms with E-state index in [1.807, 2.05) is 0 Å². The highest BCUT2D eigenvalue weighted by molar-refractivity contribution is 7.89. The maximum Gasteiger partial charge on any atom is 0.305 e. The Balaban J connectivity index is 2.68. The Morgan fingerprint density at radius 1 is 1.29 bits per heavy atom. The number of thiocarbonyl (C=S) groups is 1. The normalized spacial score (nSPS) is 18.7. The van der Waals surface area contributed by atoms with Crippen LogP contribution in [-0.2, 0) is 19.6 Å². The highest BCUT2D eigenvalue weighted by Crippen LogP contribution is 2.28. The Morgan fingerprint density at radius 3 is 2.33 bits per heavy atom. The van der Waals surface area contributed by atoms with Crippen LogP contribution in [0.3, 0.4) is 0 Å². The van der Waals surface area contributed by atoms with Gasteiger partial charge in [0.15, 0.2) is 0 Å². The second-order valence-electron chi connectivity index (χ2n) is 5.46. The first-order valence-corrected chi connectivity index (χ1v) is 9.26. The van der Waals surface area contributed by atoms with Crippen molar-refractivity contribution in [3.63, 3.8) is 0 Å². The van der Waals surface area contributed by atoms with E-state index in [4.69, 9.17) is 18.0 Å². The fraction of sp³-hybridized carbons (Fsp3) is 0.846. The number of methoxy groups -OCH3 is 1. The summed E-state index contributed by atoms with van der Waals surface area (Å²) < 4.78 is 31.6. The summed E-state index contributed by atoms with van der Waals surface area (Å²) in [5.41, 5.74) is 5.00. The molecule has 0 saturated heterocycles. The molecule has 1 aliphatic rings. The van der Waals surface area contributed by atoms with E-state index in [0.29, 0.717) is 12.8 Å². The van der Waals surface area contributed by atoms with Crippen LogP contribution in [0.4, 0.5) is 0 Å². The molecule has 0 aromatic heterocycles. The molecule has 0 bridgehead atoms. The summed E-state index contributed by atoms with van der Waals surface area (Å²) in [6.07, 6.45) is 5.51. The van der Waals surface area contributed by atoms with Gasteiger partial charge in [0.25, 0.3) is 0 Å². The zero-order chi connectivity index (χ0) is 15.9. The van der Waals surface area contributed by atoms with E-state index in [-0.39, 0.29) is 23.6 Å². The van der Waals surface area contributed by atoms with Gasteiger partial charge in [0, 0.05) is 6.42 Å². The lowest BCUT2D eigenvalue weighted by molar-refractivity contribution is -0.140. The molecule has 8 heteroatoms. The lowest BCUT2D eigenvalue weighted by atomic mass is 9.91. The number of ether oxygens (including phenoxy) is 1. The summed E-state index contributed by atoms with van der Waals surface area (Å²) in [4.78, 5) is 11.2. The minimum Gasteiger partial charge on any atom is -0.469 e. The van der Waals surface area contributed by atoms with E-state index in [1.54, 1.807) is 0 Å². The quantitative estimate of drug-likeness (QED) is 0.412. The molecule has 0 atom stereocenters. The van der Waals surface area contributed by atoms with Crippen LogP contribution >= 0.6 is 12.2 Å². The van der Waals surface area contributed by atoms with Crippen LogP contribution < -0.4 is 10.5 Å². The second kappa shape index (κ2) is 8.05. The van der Waals surface area contributed by atoms with Crippen LogP contribution in [0.2, 0.25) is 0 Å². The number of carbonyl (C=O) groups excluding carboxylic acids is 1. The van der Waals surface area contributed by atoms with Crippen LogP contribution in [0.5, 0.6) is 0 Å². The fourth-order valence-corrected chi connectivity index (χ4v) is 4.44. The van der Waals surface area contributed by atoms with Crippen molar-refractivity contribution in [3.8, 4) is 0 Å². The number of sulfonamides is 1. The third-order valence-corrected chi connectivity index (χ3v) is 5.72. The monoisotopic (exact) mass is 336 g/mol. The Kier molecular flexibility index (Phi) is 7.02. The summed E-state index contributed by atoms with van der Waals surface area (Å²) in [5, 5.41) is 0. The number of esters is 1. The second-order valence-corrected chi connectivity index (χ2v) is 7.74. The molecule has 1 fully saturated rings. The van der Waals surface area contributed by atoms with E-state index in [9.17, 15) is 13.2 Å². The van der Waals surface area contributed by atoms with Gasteiger partial charge in [0.1, 0.15) is 0 Å². The van der Waals surface area contributed by atoms with Crippen molar-refractivity contribution < 1.29 is 17.9 Å². The molecule has 1 aliphatic carbocycles. The molecule has 0 unspecified atom stereocenters. The highest BCUT2D eigenvalue weighted by atomic mass is 32.2. The Labute approximate surface area is 131 Å². The fourth-order valence-electron chi connectivity index (χ4n) is 2.59. The van der Waals surface area contributed by atoms with E-state index in [2.05, 4.69) is 9.46 Å². The first-order valence-electron chi connectivity index (χ1n) is 7.20. The standard InChI is InChI=1S/C13H24N2O4S2/c1-19-11(16)7-6-10-21(17,18)15-13(12(14)20)8-4-2-3-5-9-13/h15H,2-10H2,1H3,(H2,14,20). The number of nitrogens with one attached hydrogen (secondary N) is 1. The number of hydrogen-bond donors (Lipinski definition) is 2. The van der Waals surface area contributed by atoms with Crippen LogP contribution in [-0.4, -0.2) is 37.8 Å². The van der Waals surface area contributed by atoms with Gasteiger partial charge in [-0.05, 0) is 19.3 Å². The minimum absolute atomic E-state index is 0.0808. The van der Waals surface area contributed by atoms with E-state index < -0.39 is 21.5 Å². The van der Waals surface area contributed by atoms with Gasteiger partial charge < -0.3 is 10.5 Å². The van der Waals surface area contributed by atoms with Gasteiger partial charge in [-0.1, -0.05) is 37.9 Å². The molecule has 0 amide bonds. The third-order valence-electron chi connectivity index (χ3n) is 3.80. The largest absolute Gasteiger partial charge is 0.469 e. The van der Waals surface area contributed by atoms with Crippen LogP contribution in [0.1, 0.15) is 51.4 Å². The van der Waals surface area contributed by atoms with Crippen LogP contribution in [0, 0.1) is 0 Å². The minimum atomic E-state index is -3.53. The SMILES string of the molecule is COC(=O)CCCS(=O)(=O)NC1(C(N)=S)CCCCCC1. The van der Waals surface area contributed by atoms with E-state index in [1.165, 1.54) is 7.11 Å². The summed E-state index contributed by atoms with van der Waals surface area (Å²) >= 11 is 5.11. The van der Waals surface area contributed by atoms with Crippen molar-refractivity contribution in [2.24, 2.45) is 5.73 Å². The summed E-state index contributed by atoms with van der Waals surface area (Å²) in [7, 11) is -2.25. The molecule has 6 nitrogen and oxygen atoms in total. The third kappa shape index (κ3) is 5.88. The molecule has 0 heterocycles. The molecule has 122 valence electrons. The Hall–Kier alpha value is -0.730. The van der Waals surface area contributed by atoms with E-state index in [0.717, 1.165) is 25.7 Å². The molecule has 21 heavy (non-hydrogen) atoms. The summed E-state index contributed by atoms with van der Waals surface area (Å²) in [6.45, 7) is 0. The number of carbonyl (C=O) groups is 1. The number of hydrogen-bond acceptors (Lipinski definition) is 5. The van der Waals surface area contributed by atoms with Crippen molar-refractivity contribution in [1.82, 2.24) is 4.72 Å². The molecule has 1 rings (SSSR count). The predicted octanol–water partition coefficient (Wildman–Crippen LogP) is 1.24. The van der Waals surface area contributed by atoms with Gasteiger partial charge in [-0.25, -0.2) is 13.1 Å². The summed E-state index contributed by atoms with van der Waals surface area (Å²) in [6, 6.07) is 0. The number of rotatable bonds is 7.